The second-order valence-corrected chi connectivity index (χ2v) is 7.93. The molecule has 1 aliphatic rings. The SMILES string of the molecule is O=C(O)C[C@@H](NC(=O)CNC(=O)c1cccc(NC2=NCCN2)c1)c1cc(Cl)cc(Cl)c1O. The zero-order valence-electron chi connectivity index (χ0n) is 17.2. The van der Waals surface area contributed by atoms with Crippen molar-refractivity contribution in [2.75, 3.05) is 25.0 Å². The van der Waals surface area contributed by atoms with Crippen molar-refractivity contribution in [3.05, 3.63) is 57.6 Å². The normalized spacial score (nSPS) is 13.5. The highest BCUT2D eigenvalue weighted by Gasteiger charge is 2.23. The Morgan fingerprint density at radius 1 is 1.18 bits per heavy atom. The number of carbonyl (C=O) groups is 3. The first-order valence-electron chi connectivity index (χ1n) is 9.85. The molecule has 0 aromatic heterocycles. The number of anilines is 1. The number of nitrogens with zero attached hydrogens (tertiary/aromatic N) is 1. The summed E-state index contributed by atoms with van der Waals surface area (Å²) >= 11 is 11.9. The number of aromatic hydroxyl groups is 1. The van der Waals surface area contributed by atoms with Gasteiger partial charge in [-0.15, -0.1) is 0 Å². The monoisotopic (exact) mass is 493 g/mol. The lowest BCUT2D eigenvalue weighted by molar-refractivity contribution is -0.137. The summed E-state index contributed by atoms with van der Waals surface area (Å²) in [5, 5.41) is 30.5. The summed E-state index contributed by atoms with van der Waals surface area (Å²) in [5.74, 6) is -2.16. The third-order valence-electron chi connectivity index (χ3n) is 4.62. The molecule has 6 N–H and O–H groups in total. The molecule has 0 bridgehead atoms. The predicted octanol–water partition coefficient (Wildman–Crippen LogP) is 2.13. The molecule has 3 rings (SSSR count). The molecule has 174 valence electrons. The molecular weight excluding hydrogens is 473 g/mol. The Hall–Kier alpha value is -3.50. The van der Waals surface area contributed by atoms with Crippen LogP contribution >= 0.6 is 23.2 Å². The minimum absolute atomic E-state index is 0.0526. The third kappa shape index (κ3) is 6.74. The molecule has 0 spiro atoms. The van der Waals surface area contributed by atoms with E-state index in [-0.39, 0.29) is 21.4 Å². The lowest BCUT2D eigenvalue weighted by Crippen LogP contribution is -2.39. The third-order valence-corrected chi connectivity index (χ3v) is 5.12. The number of amides is 2. The first-order valence-corrected chi connectivity index (χ1v) is 10.6. The van der Waals surface area contributed by atoms with E-state index in [9.17, 15) is 24.6 Å². The van der Waals surface area contributed by atoms with Crippen molar-refractivity contribution in [3.8, 4) is 5.75 Å². The quantitative estimate of drug-likeness (QED) is 0.329. The lowest BCUT2D eigenvalue weighted by atomic mass is 10.0. The second kappa shape index (κ2) is 10.9. The number of carboxylic acid groups (broad SMARTS) is 1. The lowest BCUT2D eigenvalue weighted by Gasteiger charge is -2.19. The van der Waals surface area contributed by atoms with Gasteiger partial charge in [0.2, 0.25) is 5.91 Å². The Kier molecular flexibility index (Phi) is 7.96. The smallest absolute Gasteiger partial charge is 0.305 e. The molecule has 2 aromatic rings. The van der Waals surface area contributed by atoms with Crippen LogP contribution in [0.25, 0.3) is 0 Å². The van der Waals surface area contributed by atoms with Crippen LogP contribution in [0.1, 0.15) is 28.4 Å². The van der Waals surface area contributed by atoms with Crippen LogP contribution < -0.4 is 21.3 Å². The fourth-order valence-corrected chi connectivity index (χ4v) is 3.64. The van der Waals surface area contributed by atoms with Crippen LogP contribution in [0.15, 0.2) is 41.4 Å². The van der Waals surface area contributed by atoms with Gasteiger partial charge in [0.05, 0.1) is 30.6 Å². The fourth-order valence-electron chi connectivity index (χ4n) is 3.13. The van der Waals surface area contributed by atoms with Crippen molar-refractivity contribution in [2.24, 2.45) is 4.99 Å². The van der Waals surface area contributed by atoms with Gasteiger partial charge in [-0.3, -0.25) is 19.4 Å². The Labute approximate surface area is 199 Å². The van der Waals surface area contributed by atoms with Crippen LogP contribution in [0.5, 0.6) is 5.75 Å². The van der Waals surface area contributed by atoms with Crippen LogP contribution in [0.2, 0.25) is 10.0 Å². The second-order valence-electron chi connectivity index (χ2n) is 7.09. The summed E-state index contributed by atoms with van der Waals surface area (Å²) in [7, 11) is 0. The molecule has 0 radical (unpaired) electrons. The van der Waals surface area contributed by atoms with E-state index in [1.165, 1.54) is 12.1 Å². The average Bonchev–Trinajstić information content (AvgIpc) is 3.27. The van der Waals surface area contributed by atoms with Crippen LogP contribution in [0.4, 0.5) is 5.69 Å². The van der Waals surface area contributed by atoms with Gasteiger partial charge in [0.15, 0.2) is 5.96 Å². The molecule has 10 nitrogen and oxygen atoms in total. The van der Waals surface area contributed by atoms with Crippen molar-refractivity contribution >= 4 is 52.6 Å². The van der Waals surface area contributed by atoms with E-state index in [0.717, 1.165) is 6.54 Å². The largest absolute Gasteiger partial charge is 0.506 e. The van der Waals surface area contributed by atoms with E-state index in [1.807, 2.05) is 0 Å². The molecular formula is C21H21Cl2N5O5. The minimum atomic E-state index is -1.22. The van der Waals surface area contributed by atoms with Crippen LogP contribution in [0.3, 0.4) is 0 Å². The molecule has 2 aromatic carbocycles. The maximum Gasteiger partial charge on any atom is 0.305 e. The summed E-state index contributed by atoms with van der Waals surface area (Å²) in [6, 6.07) is 8.13. The van der Waals surface area contributed by atoms with Gasteiger partial charge in [0.1, 0.15) is 5.75 Å². The van der Waals surface area contributed by atoms with E-state index in [2.05, 4.69) is 26.3 Å². The van der Waals surface area contributed by atoms with Crippen molar-refractivity contribution in [1.82, 2.24) is 16.0 Å². The van der Waals surface area contributed by atoms with E-state index in [4.69, 9.17) is 23.2 Å². The van der Waals surface area contributed by atoms with Gasteiger partial charge in [0.25, 0.3) is 5.91 Å². The number of carbonyl (C=O) groups excluding carboxylic acids is 2. The number of phenolic OH excluding ortho intramolecular Hbond substituents is 1. The molecule has 1 heterocycles. The molecule has 1 atom stereocenters. The highest BCUT2D eigenvalue weighted by atomic mass is 35.5. The molecule has 33 heavy (non-hydrogen) atoms. The zero-order chi connectivity index (χ0) is 24.0. The summed E-state index contributed by atoms with van der Waals surface area (Å²) in [6.07, 6.45) is -0.532. The predicted molar refractivity (Wildman–Crippen MR) is 124 cm³/mol. The Morgan fingerprint density at radius 2 is 1.97 bits per heavy atom. The van der Waals surface area contributed by atoms with E-state index in [0.29, 0.717) is 23.8 Å². The van der Waals surface area contributed by atoms with Gasteiger partial charge >= 0.3 is 5.97 Å². The van der Waals surface area contributed by atoms with Crippen molar-refractivity contribution < 1.29 is 24.6 Å². The first kappa shape index (κ1) is 24.1. The first-order chi connectivity index (χ1) is 15.7. The fraction of sp³-hybridized carbons (Fsp3) is 0.238. The number of phenols is 1. The van der Waals surface area contributed by atoms with Gasteiger partial charge in [-0.05, 0) is 30.3 Å². The number of guanidine groups is 1. The number of benzene rings is 2. The number of nitrogens with one attached hydrogen (secondary N) is 4. The van der Waals surface area contributed by atoms with Gasteiger partial charge in [-0.25, -0.2) is 0 Å². The average molecular weight is 494 g/mol. The number of hydrogen-bond acceptors (Lipinski definition) is 7. The van der Waals surface area contributed by atoms with Gasteiger partial charge in [-0.1, -0.05) is 29.3 Å². The maximum absolute atomic E-state index is 12.5. The number of hydrogen-bond donors (Lipinski definition) is 6. The molecule has 0 saturated carbocycles. The van der Waals surface area contributed by atoms with E-state index >= 15 is 0 Å². The van der Waals surface area contributed by atoms with E-state index < -0.39 is 36.8 Å². The van der Waals surface area contributed by atoms with Crippen molar-refractivity contribution in [1.29, 1.82) is 0 Å². The highest BCUT2D eigenvalue weighted by molar-refractivity contribution is 6.35. The summed E-state index contributed by atoms with van der Waals surface area (Å²) < 4.78 is 0. The molecule has 2 amide bonds. The minimum Gasteiger partial charge on any atom is -0.506 e. The Morgan fingerprint density at radius 3 is 2.67 bits per heavy atom. The molecule has 0 unspecified atom stereocenters. The molecule has 0 aliphatic carbocycles. The summed E-state index contributed by atoms with van der Waals surface area (Å²) in [6.45, 7) is 0.981. The zero-order valence-corrected chi connectivity index (χ0v) is 18.7. The van der Waals surface area contributed by atoms with Crippen LogP contribution in [-0.2, 0) is 9.59 Å². The van der Waals surface area contributed by atoms with Crippen LogP contribution in [0, 0.1) is 0 Å². The maximum atomic E-state index is 12.5. The standard InChI is InChI=1S/C21H21Cl2N5O5/c22-12-7-14(19(32)15(23)8-12)16(9-18(30)31)28-17(29)10-26-20(33)11-2-1-3-13(6-11)27-21-24-4-5-25-21/h1-3,6-8,16,32H,4-5,9-10H2,(H,26,33)(H,28,29)(H,30,31)(H2,24,25,27)/t16-/m1/s1. The van der Waals surface area contributed by atoms with Gasteiger partial charge in [0, 0.05) is 28.4 Å². The summed E-state index contributed by atoms with van der Waals surface area (Å²) in [4.78, 5) is 40.4. The number of carboxylic acids is 1. The topological polar surface area (TPSA) is 152 Å². The number of aliphatic carboxylic acids is 1. The highest BCUT2D eigenvalue weighted by Crippen LogP contribution is 2.36. The molecule has 0 fully saturated rings. The Balaban J connectivity index is 1.63. The summed E-state index contributed by atoms with van der Waals surface area (Å²) in [5.41, 5.74) is 1.01. The van der Waals surface area contributed by atoms with Crippen molar-refractivity contribution in [3.63, 3.8) is 0 Å². The van der Waals surface area contributed by atoms with Gasteiger partial charge < -0.3 is 31.5 Å². The molecule has 12 heteroatoms. The molecule has 1 aliphatic heterocycles. The van der Waals surface area contributed by atoms with Crippen LogP contribution in [-0.4, -0.2) is 53.6 Å². The number of rotatable bonds is 8. The van der Waals surface area contributed by atoms with Gasteiger partial charge in [-0.2, -0.15) is 0 Å². The van der Waals surface area contributed by atoms with Crippen molar-refractivity contribution in [2.45, 2.75) is 12.5 Å². The Bertz CT molecular complexity index is 1110. The number of halogens is 2. The number of aliphatic imine (C=N–C) groups is 1. The molecule has 0 saturated heterocycles. The van der Waals surface area contributed by atoms with E-state index in [1.54, 1.807) is 24.3 Å².